The highest BCUT2D eigenvalue weighted by Crippen LogP contribution is 2.31. The maximum absolute atomic E-state index is 4.76. The Labute approximate surface area is 147 Å². The fourth-order valence-corrected chi connectivity index (χ4v) is 3.07. The molecule has 3 aromatic rings. The topological polar surface area (TPSA) is 74.3 Å². The maximum atomic E-state index is 4.76. The van der Waals surface area contributed by atoms with E-state index in [9.17, 15) is 0 Å². The maximum Gasteiger partial charge on any atom is 0.136 e. The second-order valence-electron chi connectivity index (χ2n) is 6.84. The number of hydrogen-bond acceptors (Lipinski definition) is 5. The van der Waals surface area contributed by atoms with Gasteiger partial charge in [0.05, 0.1) is 23.3 Å². The molecule has 1 fully saturated rings. The van der Waals surface area contributed by atoms with E-state index in [4.69, 9.17) is 4.98 Å². The van der Waals surface area contributed by atoms with Crippen LogP contribution >= 0.6 is 0 Å². The third-order valence-electron chi connectivity index (χ3n) is 4.79. The van der Waals surface area contributed by atoms with Gasteiger partial charge in [-0.1, -0.05) is 18.2 Å². The Hall–Kier alpha value is -2.57. The molecule has 4 rings (SSSR count). The van der Waals surface area contributed by atoms with Crippen LogP contribution < -0.4 is 0 Å². The Bertz CT molecular complexity index is 889. The van der Waals surface area contributed by atoms with Gasteiger partial charge in [-0.25, -0.2) is 4.68 Å². The molecule has 0 unspecified atom stereocenters. The average molecular weight is 337 g/mol. The highest BCUT2D eigenvalue weighted by atomic mass is 15.5. The molecule has 25 heavy (non-hydrogen) atoms. The van der Waals surface area contributed by atoms with Crippen LogP contribution in [0.5, 0.6) is 0 Å². The van der Waals surface area contributed by atoms with Crippen LogP contribution in [0, 0.1) is 12.8 Å². The lowest BCUT2D eigenvalue weighted by molar-refractivity contribution is 0.548. The van der Waals surface area contributed by atoms with Crippen molar-refractivity contribution < 1.29 is 0 Å². The predicted molar refractivity (Wildman–Crippen MR) is 93.9 cm³/mol. The second kappa shape index (κ2) is 6.38. The van der Waals surface area contributed by atoms with E-state index in [1.807, 2.05) is 19.3 Å². The van der Waals surface area contributed by atoms with Crippen LogP contribution in [0.1, 0.15) is 42.4 Å². The first kappa shape index (κ1) is 15.9. The third kappa shape index (κ3) is 3.31. The molecule has 7 heteroatoms. The van der Waals surface area contributed by atoms with Gasteiger partial charge in [0.2, 0.25) is 0 Å². The number of pyridine rings is 1. The van der Waals surface area contributed by atoms with E-state index >= 15 is 0 Å². The Balaban J connectivity index is 1.62. The Morgan fingerprint density at radius 1 is 1.24 bits per heavy atom. The molecule has 0 amide bonds. The minimum absolute atomic E-state index is 0.542. The summed E-state index contributed by atoms with van der Waals surface area (Å²) in [6, 6.07) is 4.11. The first-order valence-electron chi connectivity index (χ1n) is 8.88. The molecule has 0 aromatic carbocycles. The summed E-state index contributed by atoms with van der Waals surface area (Å²) in [4.78, 5) is 6.49. The molecule has 1 aliphatic carbocycles. The lowest BCUT2D eigenvalue weighted by Gasteiger charge is -2.07. The molecule has 3 heterocycles. The first-order chi connectivity index (χ1) is 12.1. The molecule has 3 aromatic heterocycles. The number of hydrogen-bond donors (Lipinski definition) is 0. The highest BCUT2D eigenvalue weighted by Gasteiger charge is 2.23. The predicted octanol–water partition coefficient (Wildman–Crippen LogP) is 2.34. The highest BCUT2D eigenvalue weighted by molar-refractivity contribution is 5.57. The van der Waals surface area contributed by atoms with Crippen molar-refractivity contribution in [3.8, 4) is 11.4 Å². The summed E-state index contributed by atoms with van der Waals surface area (Å²) in [5.74, 6) is 0.809. The molecule has 0 saturated heterocycles. The van der Waals surface area contributed by atoms with Gasteiger partial charge in [0.25, 0.3) is 0 Å². The Morgan fingerprint density at radius 2 is 2.08 bits per heavy atom. The van der Waals surface area contributed by atoms with Crippen molar-refractivity contribution in [1.82, 2.24) is 35.0 Å². The molecular weight excluding hydrogens is 314 g/mol. The van der Waals surface area contributed by atoms with E-state index in [2.05, 4.69) is 40.4 Å². The number of nitrogens with zero attached hydrogens (tertiary/aromatic N) is 7. The van der Waals surface area contributed by atoms with Crippen molar-refractivity contribution in [2.24, 2.45) is 13.0 Å². The van der Waals surface area contributed by atoms with Crippen LogP contribution in [0.2, 0.25) is 0 Å². The van der Waals surface area contributed by atoms with E-state index in [1.165, 1.54) is 18.4 Å². The summed E-state index contributed by atoms with van der Waals surface area (Å²) in [5, 5.41) is 17.5. The van der Waals surface area contributed by atoms with Gasteiger partial charge in [-0.2, -0.15) is 15.0 Å². The number of aromatic nitrogens is 7. The van der Waals surface area contributed by atoms with E-state index in [-0.39, 0.29) is 0 Å². The second-order valence-corrected chi connectivity index (χ2v) is 6.84. The molecule has 7 nitrogen and oxygen atoms in total. The van der Waals surface area contributed by atoms with Gasteiger partial charge in [0.15, 0.2) is 0 Å². The van der Waals surface area contributed by atoms with Gasteiger partial charge in [-0.15, -0.1) is 5.10 Å². The molecule has 0 spiro atoms. The molecule has 0 aliphatic heterocycles. The minimum atomic E-state index is 0.542. The van der Waals surface area contributed by atoms with Gasteiger partial charge < -0.3 is 0 Å². The minimum Gasteiger partial charge on any atom is -0.251 e. The van der Waals surface area contributed by atoms with E-state index in [0.29, 0.717) is 6.54 Å². The largest absolute Gasteiger partial charge is 0.251 e. The van der Waals surface area contributed by atoms with Crippen LogP contribution in [-0.2, 0) is 26.4 Å². The lowest BCUT2D eigenvalue weighted by Crippen LogP contribution is -2.10. The van der Waals surface area contributed by atoms with Gasteiger partial charge in [0.1, 0.15) is 12.2 Å². The summed E-state index contributed by atoms with van der Waals surface area (Å²) in [7, 11) is 1.90. The van der Waals surface area contributed by atoms with Crippen molar-refractivity contribution in [3.05, 3.63) is 41.0 Å². The molecular formula is C18H23N7. The molecule has 0 radical (unpaired) electrons. The van der Waals surface area contributed by atoms with Crippen LogP contribution in [0.3, 0.4) is 0 Å². The van der Waals surface area contributed by atoms with Crippen molar-refractivity contribution in [3.63, 3.8) is 0 Å². The standard InChI is InChI=1S/C18H23N7/c1-4-15-12(2)5-8-16(20-15)18-17(24(3)23-21-18)11-25-19-10-14(22-25)9-13-6-7-13/h5,8,10,13H,4,6-7,9,11H2,1-3H3. The van der Waals surface area contributed by atoms with Gasteiger partial charge in [-0.05, 0) is 50.2 Å². The Kier molecular flexibility index (Phi) is 4.07. The van der Waals surface area contributed by atoms with Crippen LogP contribution in [-0.4, -0.2) is 35.0 Å². The normalized spacial score (nSPS) is 14.2. The van der Waals surface area contributed by atoms with E-state index < -0.39 is 0 Å². The van der Waals surface area contributed by atoms with Crippen molar-refractivity contribution >= 4 is 0 Å². The lowest BCUT2D eigenvalue weighted by atomic mass is 10.1. The fourth-order valence-electron chi connectivity index (χ4n) is 3.07. The molecule has 130 valence electrons. The summed E-state index contributed by atoms with van der Waals surface area (Å²) in [5.41, 5.74) is 6.00. The molecule has 1 aliphatic rings. The van der Waals surface area contributed by atoms with E-state index in [0.717, 1.165) is 47.2 Å². The monoisotopic (exact) mass is 337 g/mol. The zero-order valence-electron chi connectivity index (χ0n) is 15.0. The molecule has 0 N–H and O–H groups in total. The average Bonchev–Trinajstić information content (AvgIpc) is 3.20. The molecule has 0 bridgehead atoms. The van der Waals surface area contributed by atoms with Gasteiger partial charge in [0, 0.05) is 12.7 Å². The fraction of sp³-hybridized carbons (Fsp3) is 0.500. The van der Waals surface area contributed by atoms with Crippen molar-refractivity contribution in [2.45, 2.75) is 46.1 Å². The smallest absolute Gasteiger partial charge is 0.136 e. The van der Waals surface area contributed by atoms with Gasteiger partial charge in [-0.3, -0.25) is 4.98 Å². The quantitative estimate of drug-likeness (QED) is 0.690. The summed E-state index contributed by atoms with van der Waals surface area (Å²) < 4.78 is 1.78. The van der Waals surface area contributed by atoms with Crippen molar-refractivity contribution in [1.29, 1.82) is 0 Å². The summed E-state index contributed by atoms with van der Waals surface area (Å²) >= 11 is 0. The zero-order valence-corrected chi connectivity index (χ0v) is 15.0. The zero-order chi connectivity index (χ0) is 17.4. The molecule has 1 saturated carbocycles. The Morgan fingerprint density at radius 3 is 2.84 bits per heavy atom. The first-order valence-corrected chi connectivity index (χ1v) is 8.88. The van der Waals surface area contributed by atoms with E-state index in [1.54, 1.807) is 9.48 Å². The third-order valence-corrected chi connectivity index (χ3v) is 4.79. The van der Waals surface area contributed by atoms with Gasteiger partial charge >= 0.3 is 0 Å². The number of rotatable bonds is 6. The molecule has 0 atom stereocenters. The number of aryl methyl sites for hydroxylation is 3. The van der Waals surface area contributed by atoms with Crippen LogP contribution in [0.25, 0.3) is 11.4 Å². The van der Waals surface area contributed by atoms with Crippen LogP contribution in [0.15, 0.2) is 18.3 Å². The van der Waals surface area contributed by atoms with Crippen molar-refractivity contribution in [2.75, 3.05) is 0 Å². The summed E-state index contributed by atoms with van der Waals surface area (Å²) in [6.07, 6.45) is 6.46. The SMILES string of the molecule is CCc1nc(-c2nnn(C)c2Cn2ncc(CC3CC3)n2)ccc1C. The summed E-state index contributed by atoms with van der Waals surface area (Å²) in [6.45, 7) is 4.74. The van der Waals surface area contributed by atoms with Crippen LogP contribution in [0.4, 0.5) is 0 Å².